The fourth-order valence-electron chi connectivity index (χ4n) is 3.12. The van der Waals surface area contributed by atoms with Gasteiger partial charge in [0.25, 0.3) is 5.91 Å². The van der Waals surface area contributed by atoms with E-state index >= 15 is 0 Å². The first kappa shape index (κ1) is 16.2. The average molecular weight is 323 g/mol. The lowest BCUT2D eigenvalue weighted by Gasteiger charge is -2.37. The topological polar surface area (TPSA) is 53.5 Å². The maximum atomic E-state index is 12.9. The molecule has 1 atom stereocenters. The highest BCUT2D eigenvalue weighted by molar-refractivity contribution is 6.03. The summed E-state index contributed by atoms with van der Waals surface area (Å²) in [6.07, 6.45) is 3.22. The van der Waals surface area contributed by atoms with Crippen LogP contribution >= 0.6 is 0 Å². The molecule has 24 heavy (non-hydrogen) atoms. The molecule has 1 saturated heterocycles. The molecule has 2 aromatic rings. The summed E-state index contributed by atoms with van der Waals surface area (Å²) in [5.41, 5.74) is 2.10. The smallest absolute Gasteiger partial charge is 0.256 e. The van der Waals surface area contributed by atoms with Crippen LogP contribution in [-0.2, 0) is 4.79 Å². The lowest BCUT2D eigenvalue weighted by molar-refractivity contribution is -0.124. The summed E-state index contributed by atoms with van der Waals surface area (Å²) in [6, 6.07) is 12.7. The minimum Gasteiger partial charge on any atom is -0.330 e. The third-order valence-corrected chi connectivity index (χ3v) is 4.50. The highest BCUT2D eigenvalue weighted by Crippen LogP contribution is 2.24. The van der Waals surface area contributed by atoms with Crippen LogP contribution < -0.4 is 4.90 Å². The van der Waals surface area contributed by atoms with Crippen LogP contribution in [0.25, 0.3) is 0 Å². The van der Waals surface area contributed by atoms with Crippen molar-refractivity contribution in [1.29, 1.82) is 0 Å². The highest BCUT2D eigenvalue weighted by Gasteiger charge is 2.35. The first-order chi connectivity index (χ1) is 11.6. The van der Waals surface area contributed by atoms with Gasteiger partial charge in [0, 0.05) is 31.2 Å². The predicted molar refractivity (Wildman–Crippen MR) is 92.9 cm³/mol. The van der Waals surface area contributed by atoms with Crippen LogP contribution in [0.15, 0.2) is 48.7 Å². The molecule has 0 saturated carbocycles. The summed E-state index contributed by atoms with van der Waals surface area (Å²) in [7, 11) is 1.70. The maximum absolute atomic E-state index is 12.9. The number of hydrogen-bond acceptors (Lipinski definition) is 3. The molecule has 2 heterocycles. The van der Waals surface area contributed by atoms with Gasteiger partial charge in [-0.15, -0.1) is 0 Å². The van der Waals surface area contributed by atoms with Gasteiger partial charge in [0.15, 0.2) is 0 Å². The first-order valence-corrected chi connectivity index (χ1v) is 8.15. The zero-order valence-electron chi connectivity index (χ0n) is 14.0. The quantitative estimate of drug-likeness (QED) is 0.872. The van der Waals surface area contributed by atoms with Crippen LogP contribution in [0, 0.1) is 6.92 Å². The van der Waals surface area contributed by atoms with Gasteiger partial charge in [-0.25, -0.2) is 0 Å². The van der Waals surface area contributed by atoms with Crippen LogP contribution in [0.1, 0.15) is 28.9 Å². The van der Waals surface area contributed by atoms with Crippen LogP contribution in [0.2, 0.25) is 0 Å². The van der Waals surface area contributed by atoms with Crippen molar-refractivity contribution < 1.29 is 9.59 Å². The van der Waals surface area contributed by atoms with Gasteiger partial charge in [0.2, 0.25) is 5.91 Å². The highest BCUT2D eigenvalue weighted by atomic mass is 16.2. The number of rotatable bonds is 3. The Labute approximate surface area is 141 Å². The molecule has 1 aromatic heterocycles. The number of aromatic nitrogens is 1. The Hall–Kier alpha value is -2.69. The Morgan fingerprint density at radius 2 is 1.96 bits per heavy atom. The Bertz CT molecular complexity index is 745. The van der Waals surface area contributed by atoms with Crippen LogP contribution in [-0.4, -0.2) is 41.3 Å². The molecular weight excluding hydrogens is 302 g/mol. The predicted octanol–water partition coefficient (Wildman–Crippen LogP) is 2.66. The standard InChI is InChI=1S/C19H21N3O2/c1-14-16(10-6-12-20-14)18(23)21(2)17-11-7-13-22(19(17)24)15-8-4-3-5-9-15/h3-6,8-10,12,17H,7,11,13H2,1-2H3. The van der Waals surface area contributed by atoms with E-state index in [4.69, 9.17) is 0 Å². The van der Waals surface area contributed by atoms with E-state index in [1.165, 1.54) is 0 Å². The number of anilines is 1. The van der Waals surface area contributed by atoms with Gasteiger partial charge in [-0.3, -0.25) is 14.6 Å². The summed E-state index contributed by atoms with van der Waals surface area (Å²) in [5, 5.41) is 0. The molecule has 0 radical (unpaired) electrons. The SMILES string of the molecule is Cc1ncccc1C(=O)N(C)C1CCCN(c2ccccc2)C1=O. The summed E-state index contributed by atoms with van der Waals surface area (Å²) in [6.45, 7) is 2.49. The van der Waals surface area contributed by atoms with Crippen LogP contribution in [0.3, 0.4) is 0 Å². The van der Waals surface area contributed by atoms with Crippen molar-refractivity contribution in [2.45, 2.75) is 25.8 Å². The van der Waals surface area contributed by atoms with Gasteiger partial charge in [0.05, 0.1) is 5.56 Å². The Morgan fingerprint density at radius 3 is 2.67 bits per heavy atom. The number of para-hydroxylation sites is 1. The minimum absolute atomic E-state index is 0.0233. The van der Waals surface area contributed by atoms with Crippen molar-refractivity contribution in [3.8, 4) is 0 Å². The molecule has 0 aliphatic carbocycles. The van der Waals surface area contributed by atoms with Crippen molar-refractivity contribution in [2.24, 2.45) is 0 Å². The summed E-state index contributed by atoms with van der Waals surface area (Å²) >= 11 is 0. The molecule has 1 aliphatic rings. The maximum Gasteiger partial charge on any atom is 0.256 e. The van der Waals surface area contributed by atoms with E-state index in [9.17, 15) is 9.59 Å². The largest absolute Gasteiger partial charge is 0.330 e. The third kappa shape index (κ3) is 3.02. The Morgan fingerprint density at radius 1 is 1.21 bits per heavy atom. The second-order valence-electron chi connectivity index (χ2n) is 6.04. The fraction of sp³-hybridized carbons (Fsp3) is 0.316. The van der Waals surface area contributed by atoms with E-state index < -0.39 is 6.04 Å². The molecule has 1 fully saturated rings. The normalized spacial score (nSPS) is 17.7. The number of piperidine rings is 1. The zero-order chi connectivity index (χ0) is 17.1. The summed E-state index contributed by atoms with van der Waals surface area (Å²) in [5.74, 6) is -0.182. The van der Waals surface area contributed by atoms with Crippen molar-refractivity contribution in [3.05, 3.63) is 59.9 Å². The number of hydrogen-bond donors (Lipinski definition) is 0. The van der Waals surface area contributed by atoms with E-state index in [0.29, 0.717) is 24.2 Å². The second kappa shape index (κ2) is 6.83. The fourth-order valence-corrected chi connectivity index (χ4v) is 3.12. The van der Waals surface area contributed by atoms with Crippen LogP contribution in [0.4, 0.5) is 5.69 Å². The molecule has 1 aliphatic heterocycles. The number of amides is 2. The lowest BCUT2D eigenvalue weighted by Crippen LogP contribution is -2.53. The van der Waals surface area contributed by atoms with E-state index in [0.717, 1.165) is 12.1 Å². The lowest BCUT2D eigenvalue weighted by atomic mass is 10.0. The Balaban J connectivity index is 1.82. The molecule has 1 aromatic carbocycles. The van der Waals surface area contributed by atoms with Gasteiger partial charge in [-0.05, 0) is 44.0 Å². The molecule has 1 unspecified atom stereocenters. The molecule has 124 valence electrons. The first-order valence-electron chi connectivity index (χ1n) is 8.15. The third-order valence-electron chi connectivity index (χ3n) is 4.50. The molecule has 2 amide bonds. The number of likely N-dealkylation sites (N-methyl/N-ethyl adjacent to an activating group) is 1. The van der Waals surface area contributed by atoms with Crippen LogP contribution in [0.5, 0.6) is 0 Å². The summed E-state index contributed by atoms with van der Waals surface area (Å²) < 4.78 is 0. The molecule has 0 N–H and O–H groups in total. The second-order valence-corrected chi connectivity index (χ2v) is 6.04. The molecule has 0 spiro atoms. The van der Waals surface area contributed by atoms with E-state index in [1.54, 1.807) is 42.1 Å². The minimum atomic E-state index is -0.439. The monoisotopic (exact) mass is 323 g/mol. The van der Waals surface area contributed by atoms with Crippen molar-refractivity contribution >= 4 is 17.5 Å². The molecule has 5 nitrogen and oxygen atoms in total. The number of pyridine rings is 1. The van der Waals surface area contributed by atoms with E-state index in [-0.39, 0.29) is 11.8 Å². The van der Waals surface area contributed by atoms with Crippen molar-refractivity contribution in [3.63, 3.8) is 0 Å². The molecule has 0 bridgehead atoms. The van der Waals surface area contributed by atoms with Gasteiger partial charge >= 0.3 is 0 Å². The van der Waals surface area contributed by atoms with Gasteiger partial charge in [0.1, 0.15) is 6.04 Å². The molecular formula is C19H21N3O2. The number of carbonyl (C=O) groups excluding carboxylic acids is 2. The number of nitrogens with zero attached hydrogens (tertiary/aromatic N) is 3. The van der Waals surface area contributed by atoms with E-state index in [2.05, 4.69) is 4.98 Å². The van der Waals surface area contributed by atoms with Gasteiger partial charge in [-0.1, -0.05) is 18.2 Å². The summed E-state index contributed by atoms with van der Waals surface area (Å²) in [4.78, 5) is 33.2. The molecule has 5 heteroatoms. The van der Waals surface area contributed by atoms with Gasteiger partial charge in [-0.2, -0.15) is 0 Å². The van der Waals surface area contributed by atoms with Crippen molar-refractivity contribution in [2.75, 3.05) is 18.5 Å². The van der Waals surface area contributed by atoms with Crippen molar-refractivity contribution in [1.82, 2.24) is 9.88 Å². The van der Waals surface area contributed by atoms with E-state index in [1.807, 2.05) is 30.3 Å². The van der Waals surface area contributed by atoms with Gasteiger partial charge < -0.3 is 9.80 Å². The zero-order valence-corrected chi connectivity index (χ0v) is 14.0. The Kier molecular flexibility index (Phi) is 4.60. The number of benzene rings is 1. The number of carbonyl (C=O) groups is 2. The average Bonchev–Trinajstić information content (AvgIpc) is 2.62. The number of aryl methyl sites for hydroxylation is 1. The molecule has 3 rings (SSSR count).